The number of carbonyl (C=O) groups is 1. The number of nitrogens with one attached hydrogen (secondary N) is 1. The third-order valence-corrected chi connectivity index (χ3v) is 4.42. The summed E-state index contributed by atoms with van der Waals surface area (Å²) in [6.07, 6.45) is 1.38. The average Bonchev–Trinajstić information content (AvgIpc) is 2.44. The van der Waals surface area contributed by atoms with Gasteiger partial charge in [0.25, 0.3) is 11.6 Å². The molecule has 1 N–H and O–H groups in total. The first-order chi connectivity index (χ1) is 9.37. The van der Waals surface area contributed by atoms with Gasteiger partial charge in [0.1, 0.15) is 5.82 Å². The van der Waals surface area contributed by atoms with Crippen LogP contribution in [0.3, 0.4) is 0 Å². The molecule has 0 spiro atoms. The summed E-state index contributed by atoms with van der Waals surface area (Å²) in [5.41, 5.74) is -0.936. The van der Waals surface area contributed by atoms with Crippen LogP contribution in [-0.2, 0) is 0 Å². The van der Waals surface area contributed by atoms with Crippen molar-refractivity contribution in [2.45, 2.75) is 32.2 Å². The van der Waals surface area contributed by atoms with Crippen LogP contribution < -0.4 is 5.32 Å². The highest BCUT2D eigenvalue weighted by molar-refractivity contribution is 9.09. The molecule has 0 radical (unpaired) electrons. The normalized spacial score (nSPS) is 11.2. The molecular weight excluding hydrogens is 331 g/mol. The van der Waals surface area contributed by atoms with Gasteiger partial charge in [0.2, 0.25) is 0 Å². The number of hydrogen-bond donors (Lipinski definition) is 1. The van der Waals surface area contributed by atoms with Crippen LogP contribution in [0, 0.1) is 15.9 Å². The Balaban J connectivity index is 3.06. The van der Waals surface area contributed by atoms with Gasteiger partial charge < -0.3 is 5.32 Å². The Morgan fingerprint density at radius 2 is 2.00 bits per heavy atom. The van der Waals surface area contributed by atoms with E-state index in [0.717, 1.165) is 18.2 Å². The van der Waals surface area contributed by atoms with E-state index in [9.17, 15) is 19.3 Å². The van der Waals surface area contributed by atoms with Gasteiger partial charge in [-0.1, -0.05) is 29.8 Å². The maximum Gasteiger partial charge on any atom is 0.273 e. The molecule has 0 atom stereocenters. The van der Waals surface area contributed by atoms with Gasteiger partial charge in [0.05, 0.1) is 11.0 Å². The van der Waals surface area contributed by atoms with E-state index in [-0.39, 0.29) is 5.56 Å². The fraction of sp³-hybridized carbons (Fsp3) is 0.462. The van der Waals surface area contributed by atoms with Crippen molar-refractivity contribution in [2.75, 3.05) is 5.33 Å². The zero-order chi connectivity index (χ0) is 15.3. The number of nitro groups is 1. The highest BCUT2D eigenvalue weighted by Crippen LogP contribution is 2.21. The van der Waals surface area contributed by atoms with Crippen LogP contribution >= 0.6 is 15.9 Å². The van der Waals surface area contributed by atoms with Crippen molar-refractivity contribution in [3.63, 3.8) is 0 Å². The van der Waals surface area contributed by atoms with Crippen molar-refractivity contribution < 1.29 is 14.1 Å². The van der Waals surface area contributed by atoms with Crippen molar-refractivity contribution in [1.82, 2.24) is 5.32 Å². The monoisotopic (exact) mass is 346 g/mol. The van der Waals surface area contributed by atoms with Crippen LogP contribution in [0.25, 0.3) is 0 Å². The summed E-state index contributed by atoms with van der Waals surface area (Å²) in [4.78, 5) is 22.1. The number of hydrogen-bond acceptors (Lipinski definition) is 3. The van der Waals surface area contributed by atoms with Crippen LogP contribution in [0.1, 0.15) is 37.0 Å². The molecule has 0 aliphatic heterocycles. The van der Waals surface area contributed by atoms with E-state index < -0.39 is 27.9 Å². The quantitative estimate of drug-likeness (QED) is 0.487. The Morgan fingerprint density at radius 1 is 1.40 bits per heavy atom. The van der Waals surface area contributed by atoms with E-state index in [2.05, 4.69) is 21.2 Å². The molecule has 0 saturated carbocycles. The van der Waals surface area contributed by atoms with Crippen molar-refractivity contribution in [3.05, 3.63) is 39.7 Å². The number of alkyl halides is 1. The van der Waals surface area contributed by atoms with Crippen LogP contribution in [-0.4, -0.2) is 21.7 Å². The first-order valence-corrected chi connectivity index (χ1v) is 7.33. The summed E-state index contributed by atoms with van der Waals surface area (Å²) in [6.45, 7) is 3.86. The second-order valence-electron chi connectivity index (χ2n) is 4.53. The Bertz CT molecular complexity index is 510. The molecule has 20 heavy (non-hydrogen) atoms. The third-order valence-electron chi connectivity index (χ3n) is 3.34. The molecule has 0 saturated heterocycles. The smallest absolute Gasteiger partial charge is 0.273 e. The minimum absolute atomic E-state index is 0.0519. The Morgan fingerprint density at radius 3 is 2.45 bits per heavy atom. The van der Waals surface area contributed by atoms with E-state index in [4.69, 9.17) is 0 Å². The van der Waals surface area contributed by atoms with E-state index >= 15 is 0 Å². The summed E-state index contributed by atoms with van der Waals surface area (Å²) < 4.78 is 13.3. The summed E-state index contributed by atoms with van der Waals surface area (Å²) in [5.74, 6) is -1.32. The second-order valence-corrected chi connectivity index (χ2v) is 5.09. The number of carbonyl (C=O) groups excluding carboxylic acids is 1. The predicted octanol–water partition coefficient (Wildman–Crippen LogP) is 3.42. The number of halogens is 2. The van der Waals surface area contributed by atoms with Gasteiger partial charge in [-0.05, 0) is 18.9 Å². The number of rotatable bonds is 6. The minimum Gasteiger partial charge on any atom is -0.346 e. The Kier molecular flexibility index (Phi) is 5.62. The molecule has 7 heteroatoms. The largest absolute Gasteiger partial charge is 0.346 e. The van der Waals surface area contributed by atoms with Gasteiger partial charge in [-0.25, -0.2) is 4.39 Å². The molecule has 1 aromatic carbocycles. The first kappa shape index (κ1) is 16.6. The lowest BCUT2D eigenvalue weighted by Crippen LogP contribution is -2.49. The zero-order valence-electron chi connectivity index (χ0n) is 11.3. The van der Waals surface area contributed by atoms with E-state index in [1.807, 2.05) is 13.8 Å². The van der Waals surface area contributed by atoms with Crippen molar-refractivity contribution in [3.8, 4) is 0 Å². The SMILES string of the molecule is CCC(CC)(CBr)NC(=O)c1cc(F)cc([N+](=O)[O-])c1. The Labute approximate surface area is 124 Å². The van der Waals surface area contributed by atoms with Crippen LogP contribution in [0.5, 0.6) is 0 Å². The van der Waals surface area contributed by atoms with Crippen molar-refractivity contribution >= 4 is 27.5 Å². The van der Waals surface area contributed by atoms with Crippen LogP contribution in [0.4, 0.5) is 10.1 Å². The van der Waals surface area contributed by atoms with Gasteiger partial charge in [-0.2, -0.15) is 0 Å². The van der Waals surface area contributed by atoms with Gasteiger partial charge in [0.15, 0.2) is 0 Å². The van der Waals surface area contributed by atoms with Gasteiger partial charge in [-0.15, -0.1) is 0 Å². The molecular formula is C13H16BrFN2O3. The first-order valence-electron chi connectivity index (χ1n) is 6.21. The van der Waals surface area contributed by atoms with Gasteiger partial charge >= 0.3 is 0 Å². The number of amides is 1. The highest BCUT2D eigenvalue weighted by Gasteiger charge is 2.28. The molecule has 1 aromatic rings. The maximum absolute atomic E-state index is 13.3. The lowest BCUT2D eigenvalue weighted by Gasteiger charge is -2.30. The summed E-state index contributed by atoms with van der Waals surface area (Å²) >= 11 is 3.35. The molecule has 110 valence electrons. The Hall–Kier alpha value is -1.50. The minimum atomic E-state index is -0.804. The number of benzene rings is 1. The van der Waals surface area contributed by atoms with Crippen LogP contribution in [0.15, 0.2) is 18.2 Å². The third kappa shape index (κ3) is 3.75. The van der Waals surface area contributed by atoms with Crippen LogP contribution in [0.2, 0.25) is 0 Å². The van der Waals surface area contributed by atoms with Crippen molar-refractivity contribution in [1.29, 1.82) is 0 Å². The topological polar surface area (TPSA) is 72.2 Å². The van der Waals surface area contributed by atoms with E-state index in [1.54, 1.807) is 0 Å². The zero-order valence-corrected chi connectivity index (χ0v) is 12.9. The molecule has 0 bridgehead atoms. The standard InChI is InChI=1S/C13H16BrFN2O3/c1-3-13(4-2,8-14)16-12(18)9-5-10(15)7-11(6-9)17(19)20/h5-7H,3-4,8H2,1-2H3,(H,16,18). The molecule has 0 fully saturated rings. The number of non-ortho nitro benzene ring substituents is 1. The summed E-state index contributed by atoms with van der Waals surface area (Å²) in [6, 6.07) is 2.85. The van der Waals surface area contributed by atoms with Crippen molar-refractivity contribution in [2.24, 2.45) is 0 Å². The lowest BCUT2D eigenvalue weighted by molar-refractivity contribution is -0.385. The summed E-state index contributed by atoms with van der Waals surface area (Å²) in [5, 5.41) is 14.0. The fourth-order valence-corrected chi connectivity index (χ4v) is 2.71. The number of nitrogens with zero attached hydrogens (tertiary/aromatic N) is 1. The van der Waals surface area contributed by atoms with E-state index in [0.29, 0.717) is 18.2 Å². The molecule has 0 unspecified atom stereocenters. The molecule has 1 amide bonds. The lowest BCUT2D eigenvalue weighted by atomic mass is 9.95. The fourth-order valence-electron chi connectivity index (χ4n) is 1.77. The van der Waals surface area contributed by atoms with Gasteiger partial charge in [0, 0.05) is 22.5 Å². The second kappa shape index (κ2) is 6.78. The number of nitro benzene ring substituents is 1. The molecule has 0 aliphatic rings. The maximum atomic E-state index is 13.3. The summed E-state index contributed by atoms with van der Waals surface area (Å²) in [7, 11) is 0. The molecule has 0 aliphatic carbocycles. The molecule has 1 rings (SSSR count). The predicted molar refractivity (Wildman–Crippen MR) is 77.6 cm³/mol. The average molecular weight is 347 g/mol. The van der Waals surface area contributed by atoms with Gasteiger partial charge in [-0.3, -0.25) is 14.9 Å². The van der Waals surface area contributed by atoms with E-state index in [1.165, 1.54) is 0 Å². The molecule has 5 nitrogen and oxygen atoms in total. The molecule has 0 heterocycles. The highest BCUT2D eigenvalue weighted by atomic mass is 79.9. The molecule has 0 aromatic heterocycles.